The van der Waals surface area contributed by atoms with Crippen LogP contribution in [-0.4, -0.2) is 0 Å². The zero-order valence-electron chi connectivity index (χ0n) is 4.89. The van der Waals surface area contributed by atoms with Crippen LogP contribution in [0.15, 0.2) is 11.6 Å². The molecule has 2 aliphatic rings. The molecule has 0 N–H and O–H groups in total. The second kappa shape index (κ2) is 2.10. The molecule has 0 radical (unpaired) electrons. The zero-order chi connectivity index (χ0) is 4.69. The van der Waals surface area contributed by atoms with Crippen molar-refractivity contribution in [1.82, 2.24) is 0 Å². The molecule has 2 rings (SSSR count). The molecular weight excluding hydrogens is 120 g/mol. The van der Waals surface area contributed by atoms with Gasteiger partial charge in [-0.15, -0.1) is 12.4 Å². The zero-order valence-corrected chi connectivity index (χ0v) is 5.71. The predicted molar refractivity (Wildman–Crippen MR) is 37.3 cm³/mol. The molecule has 0 spiro atoms. The molecule has 0 aromatic heterocycles. The Morgan fingerprint density at radius 2 is 2.38 bits per heavy atom. The first kappa shape index (κ1) is 6.15. The van der Waals surface area contributed by atoms with Crippen molar-refractivity contribution in [2.45, 2.75) is 25.7 Å². The topological polar surface area (TPSA) is 0 Å². The third kappa shape index (κ3) is 0.775. The summed E-state index contributed by atoms with van der Waals surface area (Å²) in [6, 6.07) is 0. The number of halogens is 1. The van der Waals surface area contributed by atoms with Gasteiger partial charge in [0.15, 0.2) is 0 Å². The lowest BCUT2D eigenvalue weighted by molar-refractivity contribution is 0.576. The molecule has 0 nitrogen and oxygen atoms in total. The first-order valence-corrected chi connectivity index (χ1v) is 3.13. The minimum absolute atomic E-state index is 0. The van der Waals surface area contributed by atoms with Crippen molar-refractivity contribution >= 4 is 12.4 Å². The Morgan fingerprint density at radius 1 is 1.50 bits per heavy atom. The molecule has 1 unspecified atom stereocenters. The van der Waals surface area contributed by atoms with Gasteiger partial charge < -0.3 is 0 Å². The van der Waals surface area contributed by atoms with E-state index in [9.17, 15) is 0 Å². The molecule has 1 atom stereocenters. The fraction of sp³-hybridized carbons (Fsp3) is 0.714. The summed E-state index contributed by atoms with van der Waals surface area (Å²) in [4.78, 5) is 0. The van der Waals surface area contributed by atoms with E-state index in [4.69, 9.17) is 0 Å². The largest absolute Gasteiger partial charge is 0.147 e. The van der Waals surface area contributed by atoms with Crippen molar-refractivity contribution in [2.24, 2.45) is 5.92 Å². The number of hydrogen-bond donors (Lipinski definition) is 0. The van der Waals surface area contributed by atoms with E-state index in [2.05, 4.69) is 6.08 Å². The fourth-order valence-corrected chi connectivity index (χ4v) is 1.68. The second-order valence-corrected chi connectivity index (χ2v) is 2.71. The van der Waals surface area contributed by atoms with E-state index in [0.29, 0.717) is 0 Å². The lowest BCUT2D eigenvalue weighted by Gasteiger charge is -1.98. The van der Waals surface area contributed by atoms with Crippen molar-refractivity contribution in [2.75, 3.05) is 0 Å². The number of fused-ring (bicyclic) bond motifs is 2. The molecule has 1 fully saturated rings. The third-order valence-corrected chi connectivity index (χ3v) is 2.16. The van der Waals surface area contributed by atoms with Crippen LogP contribution in [0.25, 0.3) is 0 Å². The van der Waals surface area contributed by atoms with Crippen molar-refractivity contribution in [3.05, 3.63) is 11.6 Å². The van der Waals surface area contributed by atoms with E-state index in [1.165, 1.54) is 25.7 Å². The molecule has 0 aliphatic heterocycles. The van der Waals surface area contributed by atoms with E-state index >= 15 is 0 Å². The first-order valence-electron chi connectivity index (χ1n) is 3.13. The van der Waals surface area contributed by atoms with Crippen molar-refractivity contribution < 1.29 is 0 Å². The second-order valence-electron chi connectivity index (χ2n) is 2.71. The maximum atomic E-state index is 2.42. The molecule has 8 heavy (non-hydrogen) atoms. The molecule has 1 heteroatoms. The molecule has 2 aliphatic carbocycles. The average Bonchev–Trinajstić information content (AvgIpc) is 2.22. The van der Waals surface area contributed by atoms with Crippen LogP contribution in [0.3, 0.4) is 0 Å². The molecular formula is C7H11Cl. The smallest absolute Gasteiger partial charge is 0.0289 e. The molecule has 0 saturated heterocycles. The lowest BCUT2D eigenvalue weighted by Crippen LogP contribution is -1.85. The Bertz CT molecular complexity index is 116. The summed E-state index contributed by atoms with van der Waals surface area (Å²) in [6.07, 6.45) is 8.18. The minimum Gasteiger partial charge on any atom is -0.147 e. The lowest BCUT2D eigenvalue weighted by atomic mass is 10.1. The van der Waals surface area contributed by atoms with Crippen molar-refractivity contribution in [3.8, 4) is 0 Å². The molecule has 0 aromatic rings. The van der Waals surface area contributed by atoms with Gasteiger partial charge in [-0.25, -0.2) is 0 Å². The molecule has 0 aromatic carbocycles. The van der Waals surface area contributed by atoms with E-state index in [1.54, 1.807) is 5.57 Å². The fourth-order valence-electron chi connectivity index (χ4n) is 1.68. The standard InChI is InChI=1S/C7H10.ClH/c1-2-7-4-3-6(1)5-7;/h1,7H,2-5H2;1H. The quantitative estimate of drug-likeness (QED) is 0.442. The SMILES string of the molecule is C1=C2CCC(C1)C2.Cl. The summed E-state index contributed by atoms with van der Waals surface area (Å²) in [5.41, 5.74) is 1.74. The summed E-state index contributed by atoms with van der Waals surface area (Å²) in [5.74, 6) is 1.08. The molecule has 0 amide bonds. The highest BCUT2D eigenvalue weighted by atomic mass is 35.5. The third-order valence-electron chi connectivity index (χ3n) is 2.16. The Morgan fingerprint density at radius 3 is 2.50 bits per heavy atom. The Kier molecular flexibility index (Phi) is 1.62. The van der Waals surface area contributed by atoms with E-state index in [0.717, 1.165) is 5.92 Å². The molecule has 0 heterocycles. The number of hydrogen-bond acceptors (Lipinski definition) is 0. The first-order chi connectivity index (χ1) is 3.45. The van der Waals surface area contributed by atoms with E-state index < -0.39 is 0 Å². The maximum Gasteiger partial charge on any atom is -0.0289 e. The Labute approximate surface area is 56.4 Å². The number of rotatable bonds is 0. The minimum atomic E-state index is 0. The van der Waals surface area contributed by atoms with E-state index in [1.807, 2.05) is 0 Å². The van der Waals surface area contributed by atoms with Crippen LogP contribution in [0.1, 0.15) is 25.7 Å². The van der Waals surface area contributed by atoms with Crippen LogP contribution in [0.5, 0.6) is 0 Å². The maximum absolute atomic E-state index is 2.42. The van der Waals surface area contributed by atoms with Crippen molar-refractivity contribution in [3.63, 3.8) is 0 Å². The van der Waals surface area contributed by atoms with Gasteiger partial charge in [0.1, 0.15) is 0 Å². The molecule has 1 saturated carbocycles. The van der Waals surface area contributed by atoms with Gasteiger partial charge >= 0.3 is 0 Å². The van der Waals surface area contributed by atoms with Crippen LogP contribution < -0.4 is 0 Å². The van der Waals surface area contributed by atoms with Crippen LogP contribution in [-0.2, 0) is 0 Å². The van der Waals surface area contributed by atoms with Crippen LogP contribution in [0.2, 0.25) is 0 Å². The average molecular weight is 131 g/mol. The van der Waals surface area contributed by atoms with Gasteiger partial charge in [0, 0.05) is 0 Å². The monoisotopic (exact) mass is 130 g/mol. The number of allylic oxidation sites excluding steroid dienone is 2. The predicted octanol–water partition coefficient (Wildman–Crippen LogP) is 2.54. The summed E-state index contributed by atoms with van der Waals surface area (Å²) < 4.78 is 0. The van der Waals surface area contributed by atoms with Gasteiger partial charge in [0.25, 0.3) is 0 Å². The summed E-state index contributed by atoms with van der Waals surface area (Å²) in [6.45, 7) is 0. The van der Waals surface area contributed by atoms with E-state index in [-0.39, 0.29) is 12.4 Å². The van der Waals surface area contributed by atoms with Gasteiger partial charge in [-0.2, -0.15) is 0 Å². The summed E-state index contributed by atoms with van der Waals surface area (Å²) >= 11 is 0. The summed E-state index contributed by atoms with van der Waals surface area (Å²) in [5, 5.41) is 0. The van der Waals surface area contributed by atoms with Crippen molar-refractivity contribution in [1.29, 1.82) is 0 Å². The van der Waals surface area contributed by atoms with Crippen LogP contribution in [0, 0.1) is 5.92 Å². The van der Waals surface area contributed by atoms with Crippen LogP contribution >= 0.6 is 12.4 Å². The van der Waals surface area contributed by atoms with Gasteiger partial charge in [0.2, 0.25) is 0 Å². The van der Waals surface area contributed by atoms with Gasteiger partial charge in [-0.3, -0.25) is 0 Å². The normalized spacial score (nSPS) is 32.0. The summed E-state index contributed by atoms with van der Waals surface area (Å²) in [7, 11) is 0. The van der Waals surface area contributed by atoms with Gasteiger partial charge in [0.05, 0.1) is 0 Å². The van der Waals surface area contributed by atoms with Gasteiger partial charge in [-0.05, 0) is 31.6 Å². The molecule has 2 bridgehead atoms. The highest BCUT2D eigenvalue weighted by Crippen LogP contribution is 2.38. The van der Waals surface area contributed by atoms with Crippen LogP contribution in [0.4, 0.5) is 0 Å². The van der Waals surface area contributed by atoms with Gasteiger partial charge in [-0.1, -0.05) is 11.6 Å². The Hall–Kier alpha value is 0.0300. The highest BCUT2D eigenvalue weighted by Gasteiger charge is 2.22. The molecule has 46 valence electrons. The highest BCUT2D eigenvalue weighted by molar-refractivity contribution is 5.85. The Balaban J connectivity index is 0.000000320.